The minimum absolute atomic E-state index is 0.163. The number of carbonyl (C=O) groups excluding carboxylic acids is 1. The Morgan fingerprint density at radius 1 is 1.52 bits per heavy atom. The van der Waals surface area contributed by atoms with Crippen LogP contribution in [0.4, 0.5) is 5.82 Å². The van der Waals surface area contributed by atoms with Gasteiger partial charge >= 0.3 is 5.97 Å². The van der Waals surface area contributed by atoms with Gasteiger partial charge in [0.15, 0.2) is 5.65 Å². The normalized spacial score (nSPS) is 18.3. The van der Waals surface area contributed by atoms with E-state index in [1.807, 2.05) is 26.0 Å². The van der Waals surface area contributed by atoms with Crippen LogP contribution in [0.15, 0.2) is 35.7 Å². The number of esters is 1. The molecule has 1 aliphatic heterocycles. The summed E-state index contributed by atoms with van der Waals surface area (Å²) in [6, 6.07) is 5.29. The van der Waals surface area contributed by atoms with Crippen LogP contribution in [-0.4, -0.2) is 39.3 Å². The molecule has 4 rings (SSSR count). The van der Waals surface area contributed by atoms with E-state index in [9.17, 15) is 4.79 Å². The predicted molar refractivity (Wildman–Crippen MR) is 116 cm³/mol. The van der Waals surface area contributed by atoms with Gasteiger partial charge in [-0.2, -0.15) is 5.10 Å². The van der Waals surface area contributed by atoms with Crippen molar-refractivity contribution in [2.45, 2.75) is 38.8 Å². The minimum Gasteiger partial charge on any atom is -0.712 e. The summed E-state index contributed by atoms with van der Waals surface area (Å²) in [5, 5.41) is 11.4. The van der Waals surface area contributed by atoms with Crippen molar-refractivity contribution in [3.63, 3.8) is 0 Å². The molecule has 1 unspecified atom stereocenters. The van der Waals surface area contributed by atoms with Gasteiger partial charge in [0.2, 0.25) is 0 Å². The third-order valence-electron chi connectivity index (χ3n) is 5.17. The fraction of sp³-hybridized carbons (Fsp3) is 0.381. The van der Waals surface area contributed by atoms with Gasteiger partial charge in [0.05, 0.1) is 25.4 Å². The van der Waals surface area contributed by atoms with Crippen molar-refractivity contribution >= 4 is 29.0 Å². The van der Waals surface area contributed by atoms with Crippen LogP contribution in [0.1, 0.15) is 48.3 Å². The number of halogens is 1. The van der Waals surface area contributed by atoms with Gasteiger partial charge in [0, 0.05) is 28.8 Å². The molecule has 1 aromatic carbocycles. The largest absolute Gasteiger partial charge is 0.712 e. The van der Waals surface area contributed by atoms with E-state index in [1.54, 1.807) is 19.2 Å². The second-order valence-electron chi connectivity index (χ2n) is 7.74. The van der Waals surface area contributed by atoms with Crippen LogP contribution in [0.25, 0.3) is 11.2 Å². The van der Waals surface area contributed by atoms with Crippen LogP contribution >= 0.6 is 11.6 Å². The maximum atomic E-state index is 12.2. The van der Waals surface area contributed by atoms with Crippen molar-refractivity contribution in [3.05, 3.63) is 57.8 Å². The summed E-state index contributed by atoms with van der Waals surface area (Å²) in [5.74, 6) is 0.823. The quantitative estimate of drug-likeness (QED) is 0.428. The third kappa shape index (κ3) is 4.05. The first-order valence-corrected chi connectivity index (χ1v) is 10.3. The van der Waals surface area contributed by atoms with E-state index in [0.29, 0.717) is 28.5 Å². The lowest BCUT2D eigenvalue weighted by molar-refractivity contribution is 0.0528. The lowest BCUT2D eigenvalue weighted by Crippen LogP contribution is -2.33. The monoisotopic (exact) mass is 441 g/mol. The van der Waals surface area contributed by atoms with E-state index in [1.165, 1.54) is 10.7 Å². The summed E-state index contributed by atoms with van der Waals surface area (Å²) < 4.78 is 12.8. The van der Waals surface area contributed by atoms with Gasteiger partial charge in [-0.3, -0.25) is 0 Å². The average molecular weight is 442 g/mol. The smallest absolute Gasteiger partial charge is 0.343 e. The molecule has 0 amide bonds. The summed E-state index contributed by atoms with van der Waals surface area (Å²) in [6.07, 6.45) is 3.76. The number of hydrogen-bond donors (Lipinski definition) is 1. The molecule has 0 fully saturated rings. The van der Waals surface area contributed by atoms with E-state index >= 15 is 0 Å². The van der Waals surface area contributed by atoms with Crippen molar-refractivity contribution < 1.29 is 14.3 Å². The van der Waals surface area contributed by atoms with Crippen molar-refractivity contribution in [3.8, 4) is 5.75 Å². The number of ether oxygens (including phenoxy) is 2. The molecule has 9 nitrogen and oxygen atoms in total. The zero-order valence-corrected chi connectivity index (χ0v) is 18.2. The Bertz CT molecular complexity index is 1160. The second-order valence-corrected chi connectivity index (χ2v) is 8.17. The van der Waals surface area contributed by atoms with Crippen LogP contribution in [0, 0.1) is 0 Å². The molecule has 31 heavy (non-hydrogen) atoms. The summed E-state index contributed by atoms with van der Waals surface area (Å²) in [7, 11) is 0. The standard InChI is InChI=1S/C21H22ClN6O3/c1-4-30-20(29)16-10-25-28-6-5-17(27-19(16)28)26-12(2)15-8-14(22)7-13-9-21(3,11-24-23)31-18(13)15/h5-8,10,12H,4,9,11H2,1-3H3,(H,26,27)/q-1/t12-,21?/m1/s1. The van der Waals surface area contributed by atoms with Gasteiger partial charge in [0.25, 0.3) is 0 Å². The summed E-state index contributed by atoms with van der Waals surface area (Å²) in [6.45, 7) is 6.05. The maximum Gasteiger partial charge on any atom is 0.343 e. The Labute approximate surface area is 184 Å². The van der Waals surface area contributed by atoms with Crippen molar-refractivity contribution in [2.24, 2.45) is 5.11 Å². The fourth-order valence-electron chi connectivity index (χ4n) is 3.78. The average Bonchev–Trinajstić information content (AvgIpc) is 3.27. The van der Waals surface area contributed by atoms with Gasteiger partial charge in [-0.05, 0) is 39.0 Å². The number of nitrogens with zero attached hydrogens (tertiary/aromatic N) is 5. The molecule has 1 aliphatic rings. The Kier molecular flexibility index (Phi) is 5.53. The molecular formula is C21H22ClN6O3-. The van der Waals surface area contributed by atoms with Crippen LogP contribution in [0.3, 0.4) is 0 Å². The first-order chi connectivity index (χ1) is 14.8. The van der Waals surface area contributed by atoms with Crippen molar-refractivity contribution in [1.82, 2.24) is 14.6 Å². The molecule has 0 bridgehead atoms. The lowest BCUT2D eigenvalue weighted by atomic mass is 9.97. The van der Waals surface area contributed by atoms with Gasteiger partial charge in [-0.25, -0.2) is 14.3 Å². The number of nitrogens with one attached hydrogen (secondary N) is 1. The summed E-state index contributed by atoms with van der Waals surface area (Å²) in [4.78, 5) is 16.7. The van der Waals surface area contributed by atoms with E-state index < -0.39 is 11.6 Å². The Morgan fingerprint density at radius 3 is 3.06 bits per heavy atom. The highest BCUT2D eigenvalue weighted by Crippen LogP contribution is 2.42. The third-order valence-corrected chi connectivity index (χ3v) is 5.39. The molecule has 3 heterocycles. The first-order valence-electron chi connectivity index (χ1n) is 9.94. The Balaban J connectivity index is 1.63. The van der Waals surface area contributed by atoms with Gasteiger partial charge in [-0.1, -0.05) is 11.6 Å². The molecular weight excluding hydrogens is 420 g/mol. The van der Waals surface area contributed by atoms with Crippen molar-refractivity contribution in [2.75, 3.05) is 18.5 Å². The highest BCUT2D eigenvalue weighted by molar-refractivity contribution is 6.30. The van der Waals surface area contributed by atoms with Crippen LogP contribution < -0.4 is 10.1 Å². The highest BCUT2D eigenvalue weighted by Gasteiger charge is 2.36. The fourth-order valence-corrected chi connectivity index (χ4v) is 4.02. The lowest BCUT2D eigenvalue weighted by Gasteiger charge is -2.24. The number of aromatic nitrogens is 3. The van der Waals surface area contributed by atoms with E-state index in [4.69, 9.17) is 26.6 Å². The predicted octanol–water partition coefficient (Wildman–Crippen LogP) is 4.45. The van der Waals surface area contributed by atoms with Crippen LogP contribution in [0.5, 0.6) is 5.75 Å². The van der Waals surface area contributed by atoms with Crippen LogP contribution in [-0.2, 0) is 11.2 Å². The van der Waals surface area contributed by atoms with E-state index in [0.717, 1.165) is 16.9 Å². The molecule has 2 aromatic heterocycles. The number of anilines is 1. The van der Waals surface area contributed by atoms with Crippen molar-refractivity contribution in [1.29, 1.82) is 0 Å². The highest BCUT2D eigenvalue weighted by atomic mass is 35.5. The summed E-state index contributed by atoms with van der Waals surface area (Å²) in [5.41, 5.74) is 10.9. The van der Waals surface area contributed by atoms with Gasteiger partial charge in [-0.15, -0.1) is 0 Å². The molecule has 2 atom stereocenters. The van der Waals surface area contributed by atoms with E-state index in [-0.39, 0.29) is 19.2 Å². The van der Waals surface area contributed by atoms with E-state index in [2.05, 4.69) is 20.5 Å². The van der Waals surface area contributed by atoms with Crippen LogP contribution in [0.2, 0.25) is 5.02 Å². The zero-order chi connectivity index (χ0) is 22.2. The first kappa shape index (κ1) is 21.0. The maximum absolute atomic E-state index is 12.2. The number of carbonyl (C=O) groups is 1. The molecule has 10 heteroatoms. The van der Waals surface area contributed by atoms with Gasteiger partial charge in [0.1, 0.15) is 22.7 Å². The Hall–Kier alpha value is -3.20. The number of rotatable bonds is 7. The SMILES string of the molecule is CCOC(=O)c1cnn2ccc(N[C@H](C)c3cc(Cl)cc4c3OC(C)(CN=[N-])C4)nc12. The molecule has 1 N–H and O–H groups in total. The van der Waals surface area contributed by atoms with Gasteiger partial charge < -0.3 is 25.4 Å². The molecule has 162 valence electrons. The Morgan fingerprint density at radius 2 is 2.32 bits per heavy atom. The molecule has 0 spiro atoms. The molecule has 0 radical (unpaired) electrons. The zero-order valence-electron chi connectivity index (χ0n) is 17.4. The molecule has 0 aliphatic carbocycles. The number of hydrogen-bond acceptors (Lipinski definition) is 7. The summed E-state index contributed by atoms with van der Waals surface area (Å²) >= 11 is 6.36. The number of fused-ring (bicyclic) bond motifs is 2. The topological polar surface area (TPSA) is 112 Å². The molecule has 0 saturated heterocycles. The second kappa shape index (κ2) is 8.14. The minimum atomic E-state index is -0.625. The molecule has 3 aromatic rings. The number of benzene rings is 1. The molecule has 0 saturated carbocycles.